The highest BCUT2D eigenvalue weighted by Gasteiger charge is 2.41. The second kappa shape index (κ2) is 3.52. The maximum absolute atomic E-state index is 12.5. The Morgan fingerprint density at radius 2 is 2.07 bits per heavy atom. The lowest BCUT2D eigenvalue weighted by atomic mass is 9.92. The lowest BCUT2D eigenvalue weighted by Gasteiger charge is -2.28. The van der Waals surface area contributed by atoms with E-state index in [4.69, 9.17) is 0 Å². The van der Waals surface area contributed by atoms with Crippen LogP contribution in [0, 0.1) is 6.92 Å². The van der Waals surface area contributed by atoms with Crippen molar-refractivity contribution in [3.05, 3.63) is 34.9 Å². The molecule has 1 nitrogen and oxygen atoms in total. The van der Waals surface area contributed by atoms with Crippen molar-refractivity contribution in [2.45, 2.75) is 32.1 Å². The molecule has 0 spiro atoms. The van der Waals surface area contributed by atoms with Crippen molar-refractivity contribution >= 4 is 0 Å². The Morgan fingerprint density at radius 1 is 1.33 bits per heavy atom. The zero-order valence-corrected chi connectivity index (χ0v) is 8.36. The van der Waals surface area contributed by atoms with Crippen molar-refractivity contribution in [2.24, 2.45) is 0 Å². The molecule has 0 amide bonds. The summed E-state index contributed by atoms with van der Waals surface area (Å²) in [5, 5.41) is 2.52. The van der Waals surface area contributed by atoms with Crippen LogP contribution in [0.25, 0.3) is 0 Å². The normalized spacial score (nSPS) is 21.2. The molecule has 1 aliphatic rings. The first-order valence-corrected chi connectivity index (χ1v) is 4.86. The number of benzene rings is 1. The fraction of sp³-hybridized carbons (Fsp3) is 0.455. The molecule has 1 heterocycles. The van der Waals surface area contributed by atoms with E-state index in [9.17, 15) is 13.2 Å². The Balaban J connectivity index is 2.30. The number of halogens is 3. The highest BCUT2D eigenvalue weighted by molar-refractivity contribution is 5.36. The number of hydrogen-bond donors (Lipinski definition) is 1. The van der Waals surface area contributed by atoms with Gasteiger partial charge >= 0.3 is 6.18 Å². The summed E-state index contributed by atoms with van der Waals surface area (Å²) in [6, 6.07) is 4.22. The van der Waals surface area contributed by atoms with Crippen molar-refractivity contribution in [1.29, 1.82) is 0 Å². The van der Waals surface area contributed by atoms with Crippen LogP contribution in [0.2, 0.25) is 0 Å². The molecule has 82 valence electrons. The van der Waals surface area contributed by atoms with E-state index >= 15 is 0 Å². The smallest absolute Gasteiger partial charge is 0.302 e. The summed E-state index contributed by atoms with van der Waals surface area (Å²) in [7, 11) is 0. The molecular formula is C11H12F3N. The van der Waals surface area contributed by atoms with Crippen molar-refractivity contribution in [3.63, 3.8) is 0 Å². The fourth-order valence-electron chi connectivity index (χ4n) is 1.96. The highest BCUT2D eigenvalue weighted by Crippen LogP contribution is 2.29. The number of fused-ring (bicyclic) bond motifs is 1. The third kappa shape index (κ3) is 2.00. The number of hydrogen-bond acceptors (Lipinski definition) is 1. The first kappa shape index (κ1) is 10.5. The van der Waals surface area contributed by atoms with Crippen LogP contribution in [0.1, 0.15) is 16.7 Å². The van der Waals surface area contributed by atoms with Gasteiger partial charge in [-0.05, 0) is 30.0 Å². The number of rotatable bonds is 0. The van der Waals surface area contributed by atoms with Gasteiger partial charge in [-0.1, -0.05) is 18.2 Å². The average Bonchev–Trinajstić information content (AvgIpc) is 2.16. The largest absolute Gasteiger partial charge is 0.404 e. The molecule has 1 aromatic rings. The Kier molecular flexibility index (Phi) is 2.46. The Hall–Kier alpha value is -1.03. The minimum atomic E-state index is -4.15. The molecule has 0 aromatic heterocycles. The van der Waals surface area contributed by atoms with Gasteiger partial charge in [0, 0.05) is 6.54 Å². The number of aryl methyl sites for hydroxylation is 1. The van der Waals surface area contributed by atoms with Gasteiger partial charge < -0.3 is 5.32 Å². The van der Waals surface area contributed by atoms with Crippen LogP contribution in [0.5, 0.6) is 0 Å². The van der Waals surface area contributed by atoms with E-state index in [0.29, 0.717) is 6.54 Å². The molecule has 0 saturated heterocycles. The lowest BCUT2D eigenvalue weighted by molar-refractivity contribution is -0.157. The van der Waals surface area contributed by atoms with Crippen LogP contribution in [-0.4, -0.2) is 12.2 Å². The van der Waals surface area contributed by atoms with Gasteiger partial charge in [0.25, 0.3) is 0 Å². The molecule has 2 rings (SSSR count). The molecule has 0 aliphatic carbocycles. The zero-order valence-electron chi connectivity index (χ0n) is 8.36. The lowest BCUT2D eigenvalue weighted by Crippen LogP contribution is -2.46. The van der Waals surface area contributed by atoms with E-state index in [1.54, 1.807) is 0 Å². The van der Waals surface area contributed by atoms with E-state index in [-0.39, 0.29) is 6.42 Å². The minimum absolute atomic E-state index is 0.0471. The maximum atomic E-state index is 12.5. The van der Waals surface area contributed by atoms with Gasteiger partial charge in [0.2, 0.25) is 0 Å². The Bertz CT molecular complexity index is 371. The highest BCUT2D eigenvalue weighted by atomic mass is 19.4. The summed E-state index contributed by atoms with van der Waals surface area (Å²) in [4.78, 5) is 0. The summed E-state index contributed by atoms with van der Waals surface area (Å²) in [6.07, 6.45) is -4.11. The van der Waals surface area contributed by atoms with Crippen LogP contribution in [0.15, 0.2) is 18.2 Å². The zero-order chi connectivity index (χ0) is 11.1. The van der Waals surface area contributed by atoms with Gasteiger partial charge in [-0.2, -0.15) is 13.2 Å². The van der Waals surface area contributed by atoms with Crippen molar-refractivity contribution in [2.75, 3.05) is 0 Å². The quantitative estimate of drug-likeness (QED) is 0.701. The molecule has 0 fully saturated rings. The number of nitrogens with one attached hydrogen (secondary N) is 1. The third-order valence-corrected chi connectivity index (χ3v) is 2.85. The minimum Gasteiger partial charge on any atom is -0.302 e. The van der Waals surface area contributed by atoms with Crippen LogP contribution < -0.4 is 5.32 Å². The molecule has 0 bridgehead atoms. The molecule has 1 N–H and O–H groups in total. The molecule has 0 radical (unpaired) electrons. The van der Waals surface area contributed by atoms with E-state index in [2.05, 4.69) is 5.32 Å². The molecule has 1 atom stereocenters. The van der Waals surface area contributed by atoms with Gasteiger partial charge in [-0.25, -0.2) is 0 Å². The Morgan fingerprint density at radius 3 is 2.73 bits per heavy atom. The predicted octanol–water partition coefficient (Wildman–Crippen LogP) is 2.57. The molecule has 1 aromatic carbocycles. The van der Waals surface area contributed by atoms with Crippen LogP contribution >= 0.6 is 0 Å². The first-order chi connectivity index (χ1) is 6.98. The van der Waals surface area contributed by atoms with E-state index < -0.39 is 12.2 Å². The molecule has 0 saturated carbocycles. The van der Waals surface area contributed by atoms with Gasteiger partial charge in [-0.3, -0.25) is 0 Å². The summed E-state index contributed by atoms with van der Waals surface area (Å²) in [5.41, 5.74) is 2.78. The van der Waals surface area contributed by atoms with Crippen LogP contribution in [0.4, 0.5) is 13.2 Å². The fourth-order valence-corrected chi connectivity index (χ4v) is 1.96. The monoisotopic (exact) mass is 215 g/mol. The van der Waals surface area contributed by atoms with Gasteiger partial charge in [-0.15, -0.1) is 0 Å². The van der Waals surface area contributed by atoms with Gasteiger partial charge in [0.1, 0.15) is 6.04 Å². The topological polar surface area (TPSA) is 12.0 Å². The molecule has 1 aliphatic heterocycles. The van der Waals surface area contributed by atoms with E-state index in [1.165, 1.54) is 0 Å². The summed E-state index contributed by atoms with van der Waals surface area (Å²) < 4.78 is 37.5. The van der Waals surface area contributed by atoms with Crippen molar-refractivity contribution in [3.8, 4) is 0 Å². The predicted molar refractivity (Wildman–Crippen MR) is 51.6 cm³/mol. The van der Waals surface area contributed by atoms with Gasteiger partial charge in [0.15, 0.2) is 0 Å². The van der Waals surface area contributed by atoms with Crippen LogP contribution in [0.3, 0.4) is 0 Å². The Labute approximate surface area is 86.3 Å². The SMILES string of the molecule is Cc1cccc2c1CC(C(F)(F)F)NC2. The summed E-state index contributed by atoms with van der Waals surface area (Å²) in [6.45, 7) is 2.17. The average molecular weight is 215 g/mol. The number of alkyl halides is 3. The second-order valence-electron chi connectivity index (χ2n) is 3.89. The van der Waals surface area contributed by atoms with Crippen LogP contribution in [-0.2, 0) is 13.0 Å². The second-order valence-corrected chi connectivity index (χ2v) is 3.89. The summed E-state index contributed by atoms with van der Waals surface area (Å²) >= 11 is 0. The first-order valence-electron chi connectivity index (χ1n) is 4.86. The van der Waals surface area contributed by atoms with Crippen molar-refractivity contribution in [1.82, 2.24) is 5.32 Å². The van der Waals surface area contributed by atoms with Gasteiger partial charge in [0.05, 0.1) is 0 Å². The van der Waals surface area contributed by atoms with E-state index in [0.717, 1.165) is 16.7 Å². The van der Waals surface area contributed by atoms with E-state index in [1.807, 2.05) is 25.1 Å². The third-order valence-electron chi connectivity index (χ3n) is 2.85. The van der Waals surface area contributed by atoms with Crippen molar-refractivity contribution < 1.29 is 13.2 Å². The molecule has 4 heteroatoms. The standard InChI is InChI=1S/C11H12F3N/c1-7-3-2-4-8-6-15-10(5-9(7)8)11(12,13)14/h2-4,10,15H,5-6H2,1H3. The molecule has 15 heavy (non-hydrogen) atoms. The molecular weight excluding hydrogens is 203 g/mol. The maximum Gasteiger partial charge on any atom is 0.404 e. The summed E-state index contributed by atoms with van der Waals surface area (Å²) in [5.74, 6) is 0. The molecule has 1 unspecified atom stereocenters.